The van der Waals surface area contributed by atoms with Crippen LogP contribution in [0, 0.1) is 13.8 Å². The van der Waals surface area contributed by atoms with Crippen LogP contribution in [-0.4, -0.2) is 37.8 Å². The maximum absolute atomic E-state index is 5.48. The predicted octanol–water partition coefficient (Wildman–Crippen LogP) is 2.13. The highest BCUT2D eigenvalue weighted by molar-refractivity contribution is 5.57. The van der Waals surface area contributed by atoms with Gasteiger partial charge in [0.25, 0.3) is 0 Å². The van der Waals surface area contributed by atoms with E-state index in [1.54, 1.807) is 0 Å². The predicted molar refractivity (Wildman–Crippen MR) is 75.5 cm³/mol. The molecule has 1 aliphatic rings. The van der Waals surface area contributed by atoms with Gasteiger partial charge in [-0.3, -0.25) is 4.68 Å². The summed E-state index contributed by atoms with van der Waals surface area (Å²) in [5, 5.41) is 9.11. The lowest BCUT2D eigenvalue weighted by Crippen LogP contribution is -2.12. The molecule has 0 radical (unpaired) electrons. The van der Waals surface area contributed by atoms with Crippen molar-refractivity contribution in [1.29, 1.82) is 0 Å². The highest BCUT2D eigenvalue weighted by Crippen LogP contribution is 2.27. The number of rotatable bonds is 4. The summed E-state index contributed by atoms with van der Waals surface area (Å²) < 4.78 is 9.48. The van der Waals surface area contributed by atoms with Crippen LogP contribution in [0.4, 0.5) is 0 Å². The van der Waals surface area contributed by atoms with Crippen molar-refractivity contribution in [2.75, 3.05) is 13.2 Å². The fraction of sp³-hybridized carbons (Fsp3) is 0.643. The second kappa shape index (κ2) is 5.36. The number of aryl methyl sites for hydroxylation is 3. The summed E-state index contributed by atoms with van der Waals surface area (Å²) in [5.41, 5.74) is 2.08. The van der Waals surface area contributed by atoms with E-state index in [0.29, 0.717) is 6.04 Å². The summed E-state index contributed by atoms with van der Waals surface area (Å²) in [4.78, 5) is 4.60. The Morgan fingerprint density at radius 2 is 2.20 bits per heavy atom. The smallest absolute Gasteiger partial charge is 0.162 e. The van der Waals surface area contributed by atoms with Gasteiger partial charge in [0, 0.05) is 19.3 Å². The molecule has 0 N–H and O–H groups in total. The van der Waals surface area contributed by atoms with E-state index in [1.807, 2.05) is 23.2 Å². The molecule has 3 rings (SSSR count). The molecule has 20 heavy (non-hydrogen) atoms. The van der Waals surface area contributed by atoms with Gasteiger partial charge in [-0.1, -0.05) is 6.92 Å². The quantitative estimate of drug-likeness (QED) is 0.857. The molecule has 0 bridgehead atoms. The van der Waals surface area contributed by atoms with E-state index >= 15 is 0 Å². The summed E-state index contributed by atoms with van der Waals surface area (Å²) in [5.74, 6) is 1.72. The molecule has 1 fully saturated rings. The zero-order chi connectivity index (χ0) is 14.1. The van der Waals surface area contributed by atoms with E-state index in [1.165, 1.54) is 0 Å². The first-order chi connectivity index (χ1) is 9.69. The minimum absolute atomic E-state index is 0.292. The van der Waals surface area contributed by atoms with Crippen molar-refractivity contribution in [2.24, 2.45) is 0 Å². The molecule has 2 aromatic heterocycles. The minimum atomic E-state index is 0.292. The number of hydrogen-bond donors (Lipinski definition) is 0. The Morgan fingerprint density at radius 1 is 1.35 bits per heavy atom. The first-order valence-corrected chi connectivity index (χ1v) is 7.24. The summed E-state index contributed by atoms with van der Waals surface area (Å²) >= 11 is 0. The Balaban J connectivity index is 2.00. The lowest BCUT2D eigenvalue weighted by Gasteiger charge is -2.10. The van der Waals surface area contributed by atoms with Gasteiger partial charge in [-0.2, -0.15) is 10.2 Å². The summed E-state index contributed by atoms with van der Waals surface area (Å²) in [6.07, 6.45) is 4.15. The molecule has 0 spiro atoms. The molecule has 1 unspecified atom stereocenters. The molecule has 2 aromatic rings. The normalized spacial score (nSPS) is 18.9. The molecule has 1 aliphatic heterocycles. The number of aromatic nitrogens is 5. The van der Waals surface area contributed by atoms with E-state index in [4.69, 9.17) is 4.74 Å². The van der Waals surface area contributed by atoms with E-state index < -0.39 is 0 Å². The third-order valence-electron chi connectivity index (χ3n) is 3.63. The van der Waals surface area contributed by atoms with Gasteiger partial charge in [-0.05, 0) is 26.7 Å². The molecular formula is C14H21N5O. The highest BCUT2D eigenvalue weighted by Gasteiger charge is 2.24. The molecule has 0 aromatic carbocycles. The van der Waals surface area contributed by atoms with Crippen molar-refractivity contribution in [3.05, 3.63) is 17.7 Å². The molecule has 0 saturated carbocycles. The lowest BCUT2D eigenvalue weighted by atomic mass is 10.2. The van der Waals surface area contributed by atoms with Crippen LogP contribution in [0.3, 0.4) is 0 Å². The van der Waals surface area contributed by atoms with E-state index in [2.05, 4.69) is 28.3 Å². The summed E-state index contributed by atoms with van der Waals surface area (Å²) in [6.45, 7) is 8.57. The number of ether oxygens (including phenoxy) is 1. The SMILES string of the molecule is CCCn1cc(-c2nc(C)nn2C2CCOC2)c(C)n1. The van der Waals surface area contributed by atoms with Gasteiger partial charge in [-0.25, -0.2) is 9.67 Å². The number of hydrogen-bond acceptors (Lipinski definition) is 4. The molecular weight excluding hydrogens is 254 g/mol. The van der Waals surface area contributed by atoms with Crippen molar-refractivity contribution >= 4 is 0 Å². The molecule has 0 amide bonds. The standard InChI is InChI=1S/C14H21N5O/c1-4-6-18-8-13(10(2)16-18)14-15-11(3)17-19(14)12-5-7-20-9-12/h8,12H,4-7,9H2,1-3H3. The molecule has 3 heterocycles. The van der Waals surface area contributed by atoms with E-state index in [9.17, 15) is 0 Å². The van der Waals surface area contributed by atoms with E-state index in [0.717, 1.165) is 55.5 Å². The minimum Gasteiger partial charge on any atom is -0.379 e. The van der Waals surface area contributed by atoms with Gasteiger partial charge in [0.05, 0.1) is 23.9 Å². The highest BCUT2D eigenvalue weighted by atomic mass is 16.5. The average Bonchev–Trinajstić information content (AvgIpc) is 3.09. The molecule has 1 saturated heterocycles. The van der Waals surface area contributed by atoms with Crippen LogP contribution in [0.25, 0.3) is 11.4 Å². The molecule has 0 aliphatic carbocycles. The number of nitrogens with zero attached hydrogens (tertiary/aromatic N) is 5. The van der Waals surface area contributed by atoms with Crippen LogP contribution in [0.15, 0.2) is 6.20 Å². The third-order valence-corrected chi connectivity index (χ3v) is 3.63. The topological polar surface area (TPSA) is 57.8 Å². The summed E-state index contributed by atoms with van der Waals surface area (Å²) in [7, 11) is 0. The second-order valence-electron chi connectivity index (χ2n) is 5.34. The maximum Gasteiger partial charge on any atom is 0.162 e. The monoisotopic (exact) mass is 275 g/mol. The molecule has 6 nitrogen and oxygen atoms in total. The Morgan fingerprint density at radius 3 is 2.90 bits per heavy atom. The van der Waals surface area contributed by atoms with Crippen LogP contribution < -0.4 is 0 Å². The van der Waals surface area contributed by atoms with Crippen LogP contribution in [0.2, 0.25) is 0 Å². The van der Waals surface area contributed by atoms with Crippen LogP contribution in [0.5, 0.6) is 0 Å². The van der Waals surface area contributed by atoms with Crippen molar-refractivity contribution in [1.82, 2.24) is 24.5 Å². The molecule has 1 atom stereocenters. The van der Waals surface area contributed by atoms with Crippen LogP contribution in [0.1, 0.15) is 37.3 Å². The van der Waals surface area contributed by atoms with Gasteiger partial charge in [-0.15, -0.1) is 0 Å². The fourth-order valence-corrected chi connectivity index (χ4v) is 2.66. The Bertz CT molecular complexity index is 595. The third kappa shape index (κ3) is 2.35. The zero-order valence-electron chi connectivity index (χ0n) is 12.3. The van der Waals surface area contributed by atoms with Gasteiger partial charge < -0.3 is 4.74 Å². The maximum atomic E-state index is 5.48. The summed E-state index contributed by atoms with van der Waals surface area (Å²) in [6, 6.07) is 0.292. The van der Waals surface area contributed by atoms with Crippen LogP contribution >= 0.6 is 0 Å². The largest absolute Gasteiger partial charge is 0.379 e. The second-order valence-corrected chi connectivity index (χ2v) is 5.34. The van der Waals surface area contributed by atoms with Gasteiger partial charge in [0.1, 0.15) is 5.82 Å². The zero-order valence-corrected chi connectivity index (χ0v) is 12.3. The Kier molecular flexibility index (Phi) is 3.56. The fourth-order valence-electron chi connectivity index (χ4n) is 2.66. The van der Waals surface area contributed by atoms with E-state index in [-0.39, 0.29) is 0 Å². The van der Waals surface area contributed by atoms with Gasteiger partial charge >= 0.3 is 0 Å². The Labute approximate surface area is 118 Å². The van der Waals surface area contributed by atoms with Gasteiger partial charge in [0.2, 0.25) is 0 Å². The van der Waals surface area contributed by atoms with Gasteiger partial charge in [0.15, 0.2) is 5.82 Å². The molecule has 108 valence electrons. The first kappa shape index (κ1) is 13.3. The average molecular weight is 275 g/mol. The van der Waals surface area contributed by atoms with Crippen molar-refractivity contribution < 1.29 is 4.74 Å². The molecule has 6 heteroatoms. The van der Waals surface area contributed by atoms with Crippen molar-refractivity contribution in [3.63, 3.8) is 0 Å². The van der Waals surface area contributed by atoms with Crippen molar-refractivity contribution in [3.8, 4) is 11.4 Å². The van der Waals surface area contributed by atoms with Crippen molar-refractivity contribution in [2.45, 2.75) is 46.2 Å². The Hall–Kier alpha value is -1.69. The van der Waals surface area contributed by atoms with Crippen LogP contribution in [-0.2, 0) is 11.3 Å². The lowest BCUT2D eigenvalue weighted by molar-refractivity contribution is 0.184. The first-order valence-electron chi connectivity index (χ1n) is 7.24.